The predicted octanol–water partition coefficient (Wildman–Crippen LogP) is 4.75. The number of alkyl halides is 3. The minimum absolute atomic E-state index is 0.185. The molecule has 1 aromatic heterocycles. The average Bonchev–Trinajstić information content (AvgIpc) is 2.96. The molecule has 3 nitrogen and oxygen atoms in total. The summed E-state index contributed by atoms with van der Waals surface area (Å²) in [6.45, 7) is 0. The van der Waals surface area contributed by atoms with E-state index in [4.69, 9.17) is 0 Å². The monoisotopic (exact) mass is 350 g/mol. The van der Waals surface area contributed by atoms with Crippen molar-refractivity contribution in [1.29, 1.82) is 0 Å². The van der Waals surface area contributed by atoms with Gasteiger partial charge in [-0.3, -0.25) is 4.79 Å². The fraction of sp³-hybridized carbons (Fsp3) is 0.571. The van der Waals surface area contributed by atoms with E-state index in [-0.39, 0.29) is 5.91 Å². The van der Waals surface area contributed by atoms with Crippen molar-refractivity contribution >= 4 is 33.2 Å². The number of pyridine rings is 1. The third-order valence-corrected chi connectivity index (χ3v) is 6.25. The van der Waals surface area contributed by atoms with E-state index >= 15 is 0 Å². The number of hydrogen-bond donors (Lipinski definition) is 1. The van der Waals surface area contributed by atoms with Crippen LogP contribution in [0.5, 0.6) is 0 Å². The maximum Gasteiger partial charge on any atom is 0.433 e. The van der Waals surface area contributed by atoms with E-state index in [9.17, 15) is 18.0 Å². The van der Waals surface area contributed by atoms with E-state index in [2.05, 4.69) is 10.3 Å². The number of rotatable bonds is 6. The Balaban J connectivity index is 1.68. The van der Waals surface area contributed by atoms with Crippen molar-refractivity contribution in [3.63, 3.8) is 0 Å². The summed E-state index contributed by atoms with van der Waals surface area (Å²) in [4.78, 5) is 15.0. The standard InChI is InChI=1S/C14H17F3N2OS2/c15-14(16,17)12-6-5-10(9-18-12)19-13(20)4-2-1-3-11-7-8-21-22-11/h5-6,9,11H,1-4,7-8H2,(H,19,20)/t11-/m1/s1. The molecule has 0 saturated carbocycles. The molecule has 0 aromatic carbocycles. The van der Waals surface area contributed by atoms with Crippen LogP contribution in [0.25, 0.3) is 0 Å². The first-order chi connectivity index (χ1) is 10.4. The van der Waals surface area contributed by atoms with Crippen LogP contribution in [0.1, 0.15) is 37.8 Å². The Labute approximate surface area is 135 Å². The lowest BCUT2D eigenvalue weighted by molar-refractivity contribution is -0.141. The Bertz CT molecular complexity index is 488. The number of hydrogen-bond acceptors (Lipinski definition) is 4. The predicted molar refractivity (Wildman–Crippen MR) is 84.8 cm³/mol. The van der Waals surface area contributed by atoms with Gasteiger partial charge >= 0.3 is 6.18 Å². The van der Waals surface area contributed by atoms with Crippen molar-refractivity contribution in [3.05, 3.63) is 24.0 Å². The van der Waals surface area contributed by atoms with Crippen molar-refractivity contribution in [2.24, 2.45) is 0 Å². The lowest BCUT2D eigenvalue weighted by Crippen LogP contribution is -2.13. The van der Waals surface area contributed by atoms with Gasteiger partial charge in [0.15, 0.2) is 0 Å². The summed E-state index contributed by atoms with van der Waals surface area (Å²) in [5.41, 5.74) is -0.668. The molecule has 1 N–H and O–H groups in total. The Morgan fingerprint density at radius 3 is 2.77 bits per heavy atom. The molecule has 0 bridgehead atoms. The van der Waals surface area contributed by atoms with Crippen molar-refractivity contribution in [2.75, 3.05) is 11.1 Å². The first-order valence-electron chi connectivity index (χ1n) is 7.06. The molecular weight excluding hydrogens is 333 g/mol. The van der Waals surface area contributed by atoms with Gasteiger partial charge in [-0.1, -0.05) is 28.0 Å². The highest BCUT2D eigenvalue weighted by molar-refractivity contribution is 8.77. The van der Waals surface area contributed by atoms with Gasteiger partial charge in [-0.15, -0.1) is 0 Å². The molecule has 2 rings (SSSR count). The summed E-state index contributed by atoms with van der Waals surface area (Å²) in [5.74, 6) is 1.02. The van der Waals surface area contributed by atoms with Crippen LogP contribution < -0.4 is 5.32 Å². The molecule has 0 unspecified atom stereocenters. The van der Waals surface area contributed by atoms with Crippen LogP contribution in [0.3, 0.4) is 0 Å². The number of unbranched alkanes of at least 4 members (excludes halogenated alkanes) is 1. The van der Waals surface area contributed by atoms with Gasteiger partial charge in [0.05, 0.1) is 11.9 Å². The molecule has 1 atom stereocenters. The zero-order valence-corrected chi connectivity index (χ0v) is 13.5. The molecule has 1 aromatic rings. The largest absolute Gasteiger partial charge is 0.433 e. The lowest BCUT2D eigenvalue weighted by atomic mass is 10.1. The van der Waals surface area contributed by atoms with Gasteiger partial charge in [0.1, 0.15) is 5.69 Å². The molecule has 1 fully saturated rings. The van der Waals surface area contributed by atoms with Crippen LogP contribution in [0.4, 0.5) is 18.9 Å². The van der Waals surface area contributed by atoms with Gasteiger partial charge in [-0.05, 0) is 31.4 Å². The molecule has 22 heavy (non-hydrogen) atoms. The molecule has 1 aliphatic heterocycles. The number of carbonyl (C=O) groups is 1. The number of amides is 1. The third-order valence-electron chi connectivity index (χ3n) is 3.24. The molecule has 1 amide bonds. The Kier molecular flexibility index (Phi) is 6.43. The summed E-state index contributed by atoms with van der Waals surface area (Å²) >= 11 is 0. The van der Waals surface area contributed by atoms with Gasteiger partial charge < -0.3 is 5.32 Å². The van der Waals surface area contributed by atoms with Crippen LogP contribution in [0.15, 0.2) is 18.3 Å². The zero-order chi connectivity index (χ0) is 16.0. The topological polar surface area (TPSA) is 42.0 Å². The van der Waals surface area contributed by atoms with E-state index in [0.717, 1.165) is 31.5 Å². The number of anilines is 1. The van der Waals surface area contributed by atoms with Crippen molar-refractivity contribution in [3.8, 4) is 0 Å². The van der Waals surface area contributed by atoms with Crippen LogP contribution in [0, 0.1) is 0 Å². The van der Waals surface area contributed by atoms with E-state index in [0.29, 0.717) is 17.4 Å². The van der Waals surface area contributed by atoms with Crippen LogP contribution >= 0.6 is 21.6 Å². The third kappa shape index (κ3) is 5.72. The van der Waals surface area contributed by atoms with Crippen molar-refractivity contribution < 1.29 is 18.0 Å². The maximum absolute atomic E-state index is 12.4. The minimum Gasteiger partial charge on any atom is -0.325 e. The Hall–Kier alpha value is -0.890. The fourth-order valence-electron chi connectivity index (χ4n) is 2.08. The second-order valence-corrected chi connectivity index (χ2v) is 7.84. The summed E-state index contributed by atoms with van der Waals surface area (Å²) in [6.07, 6.45) is 1.10. The Morgan fingerprint density at radius 2 is 2.18 bits per heavy atom. The van der Waals surface area contributed by atoms with E-state index < -0.39 is 11.9 Å². The maximum atomic E-state index is 12.4. The highest BCUT2D eigenvalue weighted by Crippen LogP contribution is 2.39. The van der Waals surface area contributed by atoms with Crippen LogP contribution in [-0.4, -0.2) is 21.9 Å². The second kappa shape index (κ2) is 8.10. The molecule has 0 aliphatic carbocycles. The minimum atomic E-state index is -4.46. The number of carbonyl (C=O) groups excluding carboxylic acids is 1. The average molecular weight is 350 g/mol. The molecule has 1 aliphatic rings. The van der Waals surface area contributed by atoms with Crippen molar-refractivity contribution in [2.45, 2.75) is 43.5 Å². The molecule has 2 heterocycles. The molecule has 0 spiro atoms. The molecule has 122 valence electrons. The summed E-state index contributed by atoms with van der Waals surface area (Å²) in [7, 11) is 3.82. The smallest absolute Gasteiger partial charge is 0.325 e. The van der Waals surface area contributed by atoms with Gasteiger partial charge in [0, 0.05) is 17.4 Å². The SMILES string of the molecule is O=C(CCCC[C@@H]1CCSS1)Nc1ccc(C(F)(F)F)nc1. The number of nitrogens with zero attached hydrogens (tertiary/aromatic N) is 1. The van der Waals surface area contributed by atoms with Gasteiger partial charge in [-0.2, -0.15) is 13.2 Å². The highest BCUT2D eigenvalue weighted by Gasteiger charge is 2.32. The second-order valence-electron chi connectivity index (χ2n) is 5.05. The number of aromatic nitrogens is 1. The van der Waals surface area contributed by atoms with Gasteiger partial charge in [-0.25, -0.2) is 4.98 Å². The molecule has 1 saturated heterocycles. The number of nitrogens with one attached hydrogen (secondary N) is 1. The zero-order valence-electron chi connectivity index (χ0n) is 11.9. The van der Waals surface area contributed by atoms with Gasteiger partial charge in [0.25, 0.3) is 0 Å². The van der Waals surface area contributed by atoms with Crippen LogP contribution in [-0.2, 0) is 11.0 Å². The summed E-state index contributed by atoms with van der Waals surface area (Å²) in [5, 5.41) is 3.27. The van der Waals surface area contributed by atoms with E-state index in [1.54, 1.807) is 0 Å². The summed E-state index contributed by atoms with van der Waals surface area (Å²) < 4.78 is 37.1. The summed E-state index contributed by atoms with van der Waals surface area (Å²) in [6, 6.07) is 2.09. The van der Waals surface area contributed by atoms with Crippen molar-refractivity contribution in [1.82, 2.24) is 4.98 Å². The van der Waals surface area contributed by atoms with Gasteiger partial charge in [0.2, 0.25) is 5.91 Å². The quantitative estimate of drug-likeness (QED) is 0.594. The van der Waals surface area contributed by atoms with Crippen LogP contribution in [0.2, 0.25) is 0 Å². The first kappa shape index (κ1) is 17.5. The molecule has 8 heteroatoms. The fourth-order valence-corrected chi connectivity index (χ4v) is 5.11. The Morgan fingerprint density at radius 1 is 1.36 bits per heavy atom. The lowest BCUT2D eigenvalue weighted by Gasteiger charge is -2.09. The molecule has 0 radical (unpaired) electrons. The normalized spacial score (nSPS) is 18.4. The number of halogens is 3. The first-order valence-corrected chi connectivity index (χ1v) is 9.45. The van der Waals surface area contributed by atoms with E-state index in [1.165, 1.54) is 18.2 Å². The van der Waals surface area contributed by atoms with E-state index in [1.807, 2.05) is 21.6 Å². The molecular formula is C14H17F3N2OS2. The highest BCUT2D eigenvalue weighted by atomic mass is 33.1.